The first-order valence-corrected chi connectivity index (χ1v) is 10.3. The molecule has 3 heteroatoms. The van der Waals surface area contributed by atoms with E-state index in [1.165, 1.54) is 11.1 Å². The summed E-state index contributed by atoms with van der Waals surface area (Å²) in [4.78, 5) is 12.0. The Balaban J connectivity index is 1.73. The molecule has 0 aromatic heterocycles. The molecule has 3 nitrogen and oxygen atoms in total. The first-order chi connectivity index (χ1) is 14.2. The van der Waals surface area contributed by atoms with E-state index in [1.807, 2.05) is 42.5 Å². The lowest BCUT2D eigenvalue weighted by Crippen LogP contribution is -2.39. The molecule has 0 saturated carbocycles. The van der Waals surface area contributed by atoms with Crippen LogP contribution in [-0.2, 0) is 11.2 Å². The van der Waals surface area contributed by atoms with Crippen LogP contribution in [0.1, 0.15) is 18.9 Å². The van der Waals surface area contributed by atoms with Crippen LogP contribution in [0.25, 0.3) is 0 Å². The molecule has 2 N–H and O–H groups in total. The van der Waals surface area contributed by atoms with E-state index in [0.717, 1.165) is 37.1 Å². The maximum absolute atomic E-state index is 12.0. The van der Waals surface area contributed by atoms with E-state index in [0.29, 0.717) is 0 Å². The molecule has 3 unspecified atom stereocenters. The number of carbonyl (C=O) groups excluding carboxylic acids is 1. The largest absolute Gasteiger partial charge is 0.385 e. The second-order valence-corrected chi connectivity index (χ2v) is 7.54. The molecule has 1 aliphatic heterocycles. The number of hydrogen-bond acceptors (Lipinski definition) is 3. The van der Waals surface area contributed by atoms with Crippen molar-refractivity contribution >= 4 is 12.0 Å². The molecule has 29 heavy (non-hydrogen) atoms. The number of benzene rings is 2. The van der Waals surface area contributed by atoms with E-state index in [4.69, 9.17) is 0 Å². The normalized spacial score (nSPS) is 19.8. The van der Waals surface area contributed by atoms with E-state index in [1.54, 1.807) is 6.08 Å². The van der Waals surface area contributed by atoms with E-state index >= 15 is 0 Å². The monoisotopic (exact) mass is 386 g/mol. The molecule has 0 bridgehead atoms. The Morgan fingerprint density at radius 1 is 1.10 bits per heavy atom. The van der Waals surface area contributed by atoms with Crippen LogP contribution >= 0.6 is 0 Å². The SMILES string of the molecule is C=C/C=C\C1=C(C)C(Cc2ccccc2)C(C(C=O)CCNc2ccccc2)N1. The van der Waals surface area contributed by atoms with Gasteiger partial charge in [-0.2, -0.15) is 0 Å². The molecule has 3 atom stereocenters. The lowest BCUT2D eigenvalue weighted by Gasteiger charge is -2.27. The highest BCUT2D eigenvalue weighted by atomic mass is 16.1. The number of anilines is 1. The van der Waals surface area contributed by atoms with Gasteiger partial charge in [-0.05, 0) is 49.1 Å². The van der Waals surface area contributed by atoms with Crippen LogP contribution in [0.5, 0.6) is 0 Å². The van der Waals surface area contributed by atoms with Gasteiger partial charge < -0.3 is 15.4 Å². The molecule has 2 aromatic carbocycles. The molecule has 0 spiro atoms. The van der Waals surface area contributed by atoms with Crippen LogP contribution in [0.4, 0.5) is 5.69 Å². The van der Waals surface area contributed by atoms with Gasteiger partial charge in [-0.3, -0.25) is 0 Å². The molecule has 0 radical (unpaired) electrons. The molecule has 1 aliphatic rings. The van der Waals surface area contributed by atoms with Crippen molar-refractivity contribution in [3.05, 3.63) is 102 Å². The van der Waals surface area contributed by atoms with E-state index in [-0.39, 0.29) is 17.9 Å². The molecule has 2 aromatic rings. The zero-order valence-electron chi connectivity index (χ0n) is 17.1. The topological polar surface area (TPSA) is 41.1 Å². The lowest BCUT2D eigenvalue weighted by molar-refractivity contribution is -0.112. The number of nitrogens with one attached hydrogen (secondary N) is 2. The van der Waals surface area contributed by atoms with Crippen LogP contribution in [0.3, 0.4) is 0 Å². The molecule has 0 amide bonds. The van der Waals surface area contributed by atoms with Crippen molar-refractivity contribution in [3.8, 4) is 0 Å². The fourth-order valence-electron chi connectivity index (χ4n) is 4.03. The molecule has 150 valence electrons. The van der Waals surface area contributed by atoms with Gasteiger partial charge in [0.25, 0.3) is 0 Å². The lowest BCUT2D eigenvalue weighted by atomic mass is 9.81. The highest BCUT2D eigenvalue weighted by molar-refractivity contribution is 5.57. The molecule has 0 saturated heterocycles. The Bertz CT molecular complexity index is 855. The average Bonchev–Trinajstić information content (AvgIpc) is 3.06. The van der Waals surface area contributed by atoms with Crippen LogP contribution in [0, 0.1) is 11.8 Å². The molecule has 1 heterocycles. The quantitative estimate of drug-likeness (QED) is 0.438. The summed E-state index contributed by atoms with van der Waals surface area (Å²) in [5.41, 5.74) is 4.80. The molecular formula is C26H30N2O. The molecule has 0 fully saturated rings. The van der Waals surface area contributed by atoms with E-state index < -0.39 is 0 Å². The van der Waals surface area contributed by atoms with Gasteiger partial charge in [0, 0.05) is 35.8 Å². The Morgan fingerprint density at radius 2 is 1.79 bits per heavy atom. The van der Waals surface area contributed by atoms with Crippen molar-refractivity contribution in [2.24, 2.45) is 11.8 Å². The number of carbonyl (C=O) groups is 1. The van der Waals surface area contributed by atoms with Gasteiger partial charge >= 0.3 is 0 Å². The van der Waals surface area contributed by atoms with Gasteiger partial charge in [-0.15, -0.1) is 0 Å². The fraction of sp³-hybridized carbons (Fsp3) is 0.269. The summed E-state index contributed by atoms with van der Waals surface area (Å²) in [6, 6.07) is 20.7. The maximum atomic E-state index is 12.0. The zero-order valence-corrected chi connectivity index (χ0v) is 17.1. The summed E-state index contributed by atoms with van der Waals surface area (Å²) < 4.78 is 0. The van der Waals surface area contributed by atoms with Gasteiger partial charge in [0.15, 0.2) is 0 Å². The third-order valence-electron chi connectivity index (χ3n) is 5.65. The summed E-state index contributed by atoms with van der Waals surface area (Å²) in [6.45, 7) is 6.71. The van der Waals surface area contributed by atoms with Crippen molar-refractivity contribution in [3.63, 3.8) is 0 Å². The predicted octanol–water partition coefficient (Wildman–Crippen LogP) is 5.15. The summed E-state index contributed by atoms with van der Waals surface area (Å²) >= 11 is 0. The van der Waals surface area contributed by atoms with Crippen molar-refractivity contribution < 1.29 is 4.79 Å². The van der Waals surface area contributed by atoms with Crippen molar-refractivity contribution in [1.82, 2.24) is 5.32 Å². The third kappa shape index (κ3) is 5.47. The van der Waals surface area contributed by atoms with Crippen LogP contribution < -0.4 is 10.6 Å². The van der Waals surface area contributed by atoms with Gasteiger partial charge in [-0.25, -0.2) is 0 Å². The van der Waals surface area contributed by atoms with Crippen LogP contribution in [-0.4, -0.2) is 18.9 Å². The fourth-order valence-corrected chi connectivity index (χ4v) is 4.03. The van der Waals surface area contributed by atoms with Crippen molar-refractivity contribution in [2.75, 3.05) is 11.9 Å². The van der Waals surface area contributed by atoms with Crippen molar-refractivity contribution in [1.29, 1.82) is 0 Å². The number of allylic oxidation sites excluding steroid dienone is 3. The summed E-state index contributed by atoms with van der Waals surface area (Å²) in [7, 11) is 0. The van der Waals surface area contributed by atoms with Gasteiger partial charge in [0.05, 0.1) is 0 Å². The minimum absolute atomic E-state index is 0.0653. The Kier molecular flexibility index (Phi) is 7.46. The number of para-hydroxylation sites is 1. The van der Waals surface area contributed by atoms with Gasteiger partial charge in [-0.1, -0.05) is 67.3 Å². The van der Waals surface area contributed by atoms with Crippen LogP contribution in [0.15, 0.2) is 96.7 Å². The second kappa shape index (κ2) is 10.5. The number of rotatable bonds is 10. The molecule has 0 aliphatic carbocycles. The number of hydrogen-bond donors (Lipinski definition) is 2. The Morgan fingerprint density at radius 3 is 2.45 bits per heavy atom. The average molecular weight is 387 g/mol. The van der Waals surface area contributed by atoms with Gasteiger partial charge in [0.1, 0.15) is 6.29 Å². The van der Waals surface area contributed by atoms with E-state index in [9.17, 15) is 4.79 Å². The number of aldehydes is 1. The predicted molar refractivity (Wildman–Crippen MR) is 122 cm³/mol. The van der Waals surface area contributed by atoms with E-state index in [2.05, 4.69) is 54.5 Å². The third-order valence-corrected chi connectivity index (χ3v) is 5.65. The first kappa shape index (κ1) is 20.7. The Labute approximate surface area is 174 Å². The highest BCUT2D eigenvalue weighted by Crippen LogP contribution is 2.34. The molecular weight excluding hydrogens is 356 g/mol. The minimum Gasteiger partial charge on any atom is -0.385 e. The van der Waals surface area contributed by atoms with Crippen molar-refractivity contribution in [2.45, 2.75) is 25.8 Å². The Hall–Kier alpha value is -3.07. The second-order valence-electron chi connectivity index (χ2n) is 7.54. The summed E-state index contributed by atoms with van der Waals surface area (Å²) in [5.74, 6) is 0.221. The smallest absolute Gasteiger partial charge is 0.125 e. The van der Waals surface area contributed by atoms with Gasteiger partial charge in [0.2, 0.25) is 0 Å². The van der Waals surface area contributed by atoms with Crippen LogP contribution in [0.2, 0.25) is 0 Å². The zero-order chi connectivity index (χ0) is 20.5. The minimum atomic E-state index is -0.0653. The standard InChI is InChI=1S/C26H30N2O/c1-3-4-15-25-20(2)24(18-21-11-7-5-8-12-21)26(28-25)22(19-29)16-17-27-23-13-9-6-10-14-23/h3-15,19,22,24,26-28H,1,16-18H2,2H3/b15-4-. The first-order valence-electron chi connectivity index (χ1n) is 10.3. The molecule has 3 rings (SSSR count). The summed E-state index contributed by atoms with van der Waals surface area (Å²) in [5, 5.41) is 7.06. The highest BCUT2D eigenvalue weighted by Gasteiger charge is 2.36. The summed E-state index contributed by atoms with van der Waals surface area (Å²) in [6.07, 6.45) is 8.61. The maximum Gasteiger partial charge on any atom is 0.125 e.